The fourth-order valence-electron chi connectivity index (χ4n) is 1.72. The highest BCUT2D eigenvalue weighted by Crippen LogP contribution is 2.24. The maximum atomic E-state index is 12.3. The summed E-state index contributed by atoms with van der Waals surface area (Å²) in [4.78, 5) is 4.11. The van der Waals surface area contributed by atoms with E-state index in [4.69, 9.17) is 9.05 Å². The van der Waals surface area contributed by atoms with Gasteiger partial charge in [0, 0.05) is 12.5 Å². The summed E-state index contributed by atoms with van der Waals surface area (Å²) < 4.78 is 34.5. The molecule has 0 radical (unpaired) electrons. The van der Waals surface area contributed by atoms with Gasteiger partial charge in [-0.05, 0) is 20.3 Å². The van der Waals surface area contributed by atoms with Crippen molar-refractivity contribution in [3.05, 3.63) is 29.2 Å². The van der Waals surface area contributed by atoms with Crippen molar-refractivity contribution in [2.45, 2.75) is 44.6 Å². The minimum atomic E-state index is -3.48. The Morgan fingerprint density at radius 2 is 2.05 bits per heavy atom. The summed E-state index contributed by atoms with van der Waals surface area (Å²) >= 11 is 0. The van der Waals surface area contributed by atoms with Crippen molar-refractivity contribution in [2.75, 3.05) is 0 Å². The molecule has 0 amide bonds. The van der Waals surface area contributed by atoms with Gasteiger partial charge in [0.05, 0.1) is 5.69 Å². The molecule has 2 rings (SSSR count). The zero-order chi connectivity index (χ0) is 14.8. The molecule has 0 N–H and O–H groups in total. The molecule has 2 aromatic rings. The molecule has 0 saturated heterocycles. The van der Waals surface area contributed by atoms with Crippen molar-refractivity contribution in [3.8, 4) is 0 Å². The van der Waals surface area contributed by atoms with E-state index in [1.807, 2.05) is 6.92 Å². The average molecular weight is 299 g/mol. The predicted octanol–water partition coefficient (Wildman–Crippen LogP) is 1.99. The molecule has 7 nitrogen and oxygen atoms in total. The van der Waals surface area contributed by atoms with Crippen molar-refractivity contribution < 1.29 is 17.5 Å². The van der Waals surface area contributed by atoms with Crippen molar-refractivity contribution in [2.24, 2.45) is 0 Å². The first-order valence-electron chi connectivity index (χ1n) is 6.38. The summed E-state index contributed by atoms with van der Waals surface area (Å²) in [5, 5.41) is 6.57. The summed E-state index contributed by atoms with van der Waals surface area (Å²) in [6.45, 7) is 5.25. The second-order valence-electron chi connectivity index (χ2n) is 4.68. The molecule has 0 bridgehead atoms. The number of aromatic nitrogens is 3. The summed E-state index contributed by atoms with van der Waals surface area (Å²) in [7, 11) is -3.48. The van der Waals surface area contributed by atoms with Crippen molar-refractivity contribution in [1.29, 1.82) is 0 Å². The Hall–Kier alpha value is -1.70. The first kappa shape index (κ1) is 14.7. The van der Waals surface area contributed by atoms with Gasteiger partial charge >= 0.3 is 0 Å². The van der Waals surface area contributed by atoms with Crippen LogP contribution in [0.1, 0.15) is 48.7 Å². The lowest BCUT2D eigenvalue weighted by Crippen LogP contribution is -2.13. The summed E-state index contributed by atoms with van der Waals surface area (Å²) in [6, 6.07) is 1.60. The molecular weight excluding hydrogens is 282 g/mol. The zero-order valence-electron chi connectivity index (χ0n) is 11.7. The number of hydrogen-bond donors (Lipinski definition) is 0. The Morgan fingerprint density at radius 3 is 2.65 bits per heavy atom. The Balaban J connectivity index is 2.15. The molecule has 0 aliphatic heterocycles. The van der Waals surface area contributed by atoms with Crippen molar-refractivity contribution in [3.63, 3.8) is 0 Å². The topological polar surface area (TPSA) is 99.1 Å². The van der Waals surface area contributed by atoms with Gasteiger partial charge in [0.2, 0.25) is 5.89 Å². The predicted molar refractivity (Wildman–Crippen MR) is 70.6 cm³/mol. The lowest BCUT2D eigenvalue weighted by atomic mass is 10.3. The van der Waals surface area contributed by atoms with Gasteiger partial charge in [-0.1, -0.05) is 17.2 Å². The van der Waals surface area contributed by atoms with Crippen LogP contribution < -0.4 is 0 Å². The van der Waals surface area contributed by atoms with E-state index >= 15 is 0 Å². The fourth-order valence-corrected chi connectivity index (χ4v) is 2.90. The van der Waals surface area contributed by atoms with Crippen LogP contribution in [0.2, 0.25) is 0 Å². The average Bonchev–Trinajstić information content (AvgIpc) is 2.98. The fraction of sp³-hybridized carbons (Fsp3) is 0.583. The Kier molecular flexibility index (Phi) is 4.22. The van der Waals surface area contributed by atoms with Gasteiger partial charge in [0.15, 0.2) is 21.4 Å². The van der Waals surface area contributed by atoms with Crippen LogP contribution >= 0.6 is 0 Å². The molecule has 0 aliphatic rings. The van der Waals surface area contributed by atoms with E-state index in [0.717, 1.165) is 6.42 Å². The summed E-state index contributed by atoms with van der Waals surface area (Å²) in [6.07, 6.45) is 1.54. The lowest BCUT2D eigenvalue weighted by molar-refractivity contribution is 0.369. The summed E-state index contributed by atoms with van der Waals surface area (Å²) in [5.41, 5.74) is 0.644. The number of nitrogens with zero attached hydrogens (tertiary/aromatic N) is 3. The molecule has 0 aliphatic carbocycles. The quantitative estimate of drug-likeness (QED) is 0.804. The van der Waals surface area contributed by atoms with Gasteiger partial charge in [-0.2, -0.15) is 4.98 Å². The maximum Gasteiger partial charge on any atom is 0.244 e. The third-order valence-electron chi connectivity index (χ3n) is 2.86. The van der Waals surface area contributed by atoms with E-state index in [9.17, 15) is 8.42 Å². The van der Waals surface area contributed by atoms with E-state index in [2.05, 4.69) is 15.3 Å². The van der Waals surface area contributed by atoms with E-state index < -0.39 is 15.1 Å². The SMILES string of the molecule is CCCc1noc(C(C)S(=O)(=O)Cc2cc(C)no2)n1. The first-order valence-corrected chi connectivity index (χ1v) is 8.10. The molecule has 20 heavy (non-hydrogen) atoms. The molecule has 0 spiro atoms. The van der Waals surface area contributed by atoms with Gasteiger partial charge < -0.3 is 9.05 Å². The molecule has 110 valence electrons. The molecule has 0 fully saturated rings. The van der Waals surface area contributed by atoms with Crippen LogP contribution in [0.5, 0.6) is 0 Å². The highest BCUT2D eigenvalue weighted by Gasteiger charge is 2.29. The minimum Gasteiger partial charge on any atom is -0.360 e. The maximum absolute atomic E-state index is 12.3. The molecule has 2 aromatic heterocycles. The van der Waals surface area contributed by atoms with E-state index in [-0.39, 0.29) is 11.6 Å². The van der Waals surface area contributed by atoms with Crippen LogP contribution in [0, 0.1) is 6.92 Å². The van der Waals surface area contributed by atoms with Crippen LogP contribution in [0.3, 0.4) is 0 Å². The molecule has 0 aromatic carbocycles. The minimum absolute atomic E-state index is 0.115. The molecule has 2 heterocycles. The Morgan fingerprint density at radius 1 is 1.30 bits per heavy atom. The standard InChI is InChI=1S/C12H17N3O4S/c1-4-5-11-13-12(19-15-11)9(3)20(16,17)7-10-6-8(2)14-18-10/h6,9H,4-5,7H2,1-3H3. The van der Waals surface area contributed by atoms with Gasteiger partial charge in [-0.15, -0.1) is 0 Å². The molecule has 1 atom stereocenters. The van der Waals surface area contributed by atoms with Crippen LogP contribution in [-0.4, -0.2) is 23.7 Å². The van der Waals surface area contributed by atoms with Crippen LogP contribution in [0.4, 0.5) is 0 Å². The summed E-state index contributed by atoms with van der Waals surface area (Å²) in [5.74, 6) is 0.716. The third kappa shape index (κ3) is 3.24. The van der Waals surface area contributed by atoms with Crippen LogP contribution in [0.25, 0.3) is 0 Å². The van der Waals surface area contributed by atoms with Crippen molar-refractivity contribution in [1.82, 2.24) is 15.3 Å². The van der Waals surface area contributed by atoms with Gasteiger partial charge in [0.25, 0.3) is 0 Å². The van der Waals surface area contributed by atoms with Crippen molar-refractivity contribution >= 4 is 9.84 Å². The number of sulfone groups is 1. The molecule has 1 unspecified atom stereocenters. The third-order valence-corrected chi connectivity index (χ3v) is 4.83. The van der Waals surface area contributed by atoms with Gasteiger partial charge in [0.1, 0.15) is 11.0 Å². The first-order chi connectivity index (χ1) is 9.42. The van der Waals surface area contributed by atoms with E-state index in [1.54, 1.807) is 13.0 Å². The highest BCUT2D eigenvalue weighted by molar-refractivity contribution is 7.90. The number of hydrogen-bond acceptors (Lipinski definition) is 7. The second-order valence-corrected chi connectivity index (χ2v) is 7.00. The highest BCUT2D eigenvalue weighted by atomic mass is 32.2. The largest absolute Gasteiger partial charge is 0.360 e. The Labute approximate surface area is 117 Å². The van der Waals surface area contributed by atoms with Gasteiger partial charge in [-0.25, -0.2) is 8.42 Å². The van der Waals surface area contributed by atoms with Crippen LogP contribution in [0.15, 0.2) is 15.1 Å². The zero-order valence-corrected chi connectivity index (χ0v) is 12.5. The normalized spacial score (nSPS) is 13.6. The molecule has 8 heteroatoms. The number of rotatable bonds is 6. The second kappa shape index (κ2) is 5.74. The van der Waals surface area contributed by atoms with Gasteiger partial charge in [-0.3, -0.25) is 0 Å². The Bertz CT molecular complexity index is 674. The monoisotopic (exact) mass is 299 g/mol. The smallest absolute Gasteiger partial charge is 0.244 e. The molecule has 0 saturated carbocycles. The van der Waals surface area contributed by atoms with Crippen LogP contribution in [-0.2, 0) is 22.0 Å². The van der Waals surface area contributed by atoms with E-state index in [1.165, 1.54) is 6.92 Å². The van der Waals surface area contributed by atoms with E-state index in [0.29, 0.717) is 23.7 Å². The lowest BCUT2D eigenvalue weighted by Gasteiger charge is -2.06. The number of aryl methyl sites for hydroxylation is 2. The molecular formula is C12H17N3O4S.